The van der Waals surface area contributed by atoms with E-state index in [2.05, 4.69) is 5.32 Å². The Hall–Kier alpha value is -2.94. The molecule has 156 valence electrons. The Bertz CT molecular complexity index is 975. The predicted octanol–water partition coefficient (Wildman–Crippen LogP) is 2.65. The second-order valence-corrected chi connectivity index (χ2v) is 8.37. The third-order valence-corrected chi connectivity index (χ3v) is 5.54. The number of hydrogen-bond acceptors (Lipinski definition) is 6. The minimum atomic E-state index is -3.74. The first kappa shape index (κ1) is 20.8. The van der Waals surface area contributed by atoms with Crippen LogP contribution >= 0.6 is 0 Å². The number of hydrogen-bond donors (Lipinski definition) is 1. The van der Waals surface area contributed by atoms with Gasteiger partial charge in [0.1, 0.15) is 25.0 Å². The van der Waals surface area contributed by atoms with E-state index in [-0.39, 0.29) is 0 Å². The van der Waals surface area contributed by atoms with Gasteiger partial charge >= 0.3 is 0 Å². The highest BCUT2D eigenvalue weighted by Gasteiger charge is 2.30. The summed E-state index contributed by atoms with van der Waals surface area (Å²) in [7, 11) is -3.74. The molecule has 1 N–H and O–H groups in total. The molecule has 0 bridgehead atoms. The summed E-state index contributed by atoms with van der Waals surface area (Å²) in [6.45, 7) is 4.77. The second kappa shape index (κ2) is 8.60. The first-order chi connectivity index (χ1) is 13.8. The number of nitrogens with zero attached hydrogens (tertiary/aromatic N) is 1. The van der Waals surface area contributed by atoms with E-state index in [1.807, 2.05) is 6.92 Å². The Morgan fingerprint density at radius 1 is 1.14 bits per heavy atom. The molecule has 1 aliphatic heterocycles. The van der Waals surface area contributed by atoms with Gasteiger partial charge in [0.2, 0.25) is 15.9 Å². The largest absolute Gasteiger partial charge is 0.494 e. The maximum absolute atomic E-state index is 12.8. The van der Waals surface area contributed by atoms with E-state index in [1.54, 1.807) is 42.5 Å². The quantitative estimate of drug-likeness (QED) is 0.740. The van der Waals surface area contributed by atoms with Crippen LogP contribution in [0.4, 0.5) is 11.4 Å². The molecule has 1 amide bonds. The normalized spacial score (nSPS) is 14.0. The maximum atomic E-state index is 12.8. The van der Waals surface area contributed by atoms with Crippen LogP contribution in [0, 0.1) is 0 Å². The van der Waals surface area contributed by atoms with Crippen molar-refractivity contribution in [2.75, 3.05) is 35.7 Å². The smallest absolute Gasteiger partial charge is 0.247 e. The molecule has 1 atom stereocenters. The molecular formula is C20H24N2O6S. The first-order valence-corrected chi connectivity index (χ1v) is 11.1. The van der Waals surface area contributed by atoms with Crippen molar-refractivity contribution in [1.29, 1.82) is 0 Å². The number of ether oxygens (including phenoxy) is 3. The number of benzene rings is 2. The van der Waals surface area contributed by atoms with Crippen molar-refractivity contribution in [3.05, 3.63) is 42.5 Å². The van der Waals surface area contributed by atoms with Crippen LogP contribution in [-0.2, 0) is 14.8 Å². The van der Waals surface area contributed by atoms with Crippen molar-refractivity contribution < 1.29 is 27.4 Å². The van der Waals surface area contributed by atoms with Gasteiger partial charge in [-0.25, -0.2) is 8.42 Å². The van der Waals surface area contributed by atoms with E-state index in [0.717, 1.165) is 10.6 Å². The van der Waals surface area contributed by atoms with Crippen molar-refractivity contribution in [2.45, 2.75) is 19.9 Å². The highest BCUT2D eigenvalue weighted by atomic mass is 32.2. The highest BCUT2D eigenvalue weighted by Crippen LogP contribution is 2.35. The van der Waals surface area contributed by atoms with Crippen LogP contribution in [0.2, 0.25) is 0 Å². The molecular weight excluding hydrogens is 396 g/mol. The van der Waals surface area contributed by atoms with E-state index in [0.29, 0.717) is 48.4 Å². The fourth-order valence-corrected chi connectivity index (χ4v) is 4.19. The summed E-state index contributed by atoms with van der Waals surface area (Å²) in [5.41, 5.74) is 0.868. The average molecular weight is 420 g/mol. The molecule has 0 radical (unpaired) electrons. The van der Waals surface area contributed by atoms with Crippen molar-refractivity contribution >= 4 is 27.3 Å². The van der Waals surface area contributed by atoms with Gasteiger partial charge in [0, 0.05) is 11.8 Å². The Morgan fingerprint density at radius 2 is 1.79 bits per heavy atom. The van der Waals surface area contributed by atoms with Crippen LogP contribution in [0.25, 0.3) is 0 Å². The molecule has 1 aliphatic rings. The number of rotatable bonds is 7. The molecule has 0 aliphatic carbocycles. The minimum absolute atomic E-state index is 0.325. The number of nitrogens with one attached hydrogen (secondary N) is 1. The summed E-state index contributed by atoms with van der Waals surface area (Å²) in [5, 5.41) is 2.74. The average Bonchev–Trinajstić information content (AvgIpc) is 2.68. The molecule has 0 fully saturated rings. The molecule has 0 spiro atoms. The summed E-state index contributed by atoms with van der Waals surface area (Å²) in [6.07, 6.45) is 1.06. The summed E-state index contributed by atoms with van der Waals surface area (Å²) in [4.78, 5) is 12.8. The van der Waals surface area contributed by atoms with Crippen LogP contribution in [0.5, 0.6) is 17.2 Å². The molecule has 9 heteroatoms. The van der Waals surface area contributed by atoms with Crippen LogP contribution in [0.1, 0.15) is 13.8 Å². The number of carbonyl (C=O) groups excluding carboxylic acids is 1. The minimum Gasteiger partial charge on any atom is -0.494 e. The van der Waals surface area contributed by atoms with Gasteiger partial charge in [0.25, 0.3) is 0 Å². The van der Waals surface area contributed by atoms with Gasteiger partial charge < -0.3 is 19.5 Å². The zero-order valence-electron chi connectivity index (χ0n) is 16.5. The molecule has 0 unspecified atom stereocenters. The summed E-state index contributed by atoms with van der Waals surface area (Å²) >= 11 is 0. The van der Waals surface area contributed by atoms with Crippen LogP contribution < -0.4 is 23.8 Å². The molecule has 8 nitrogen and oxygen atoms in total. The Morgan fingerprint density at radius 3 is 2.41 bits per heavy atom. The number of amides is 1. The SMILES string of the molecule is CCOc1ccc(NC(=O)[C@H](C)N(c2ccc3c(c2)OCCO3)S(C)(=O)=O)cc1. The van der Waals surface area contributed by atoms with Gasteiger partial charge in [-0.05, 0) is 50.2 Å². The number of fused-ring (bicyclic) bond motifs is 1. The number of carbonyl (C=O) groups is 1. The molecule has 2 aromatic carbocycles. The molecule has 0 aromatic heterocycles. The third kappa shape index (κ3) is 4.92. The topological polar surface area (TPSA) is 94.2 Å². The van der Waals surface area contributed by atoms with Gasteiger partial charge in [-0.1, -0.05) is 0 Å². The lowest BCUT2D eigenvalue weighted by atomic mass is 10.2. The fraction of sp³-hybridized carbons (Fsp3) is 0.350. The molecule has 29 heavy (non-hydrogen) atoms. The molecule has 1 heterocycles. The molecule has 3 rings (SSSR count). The van der Waals surface area contributed by atoms with Gasteiger partial charge in [-0.2, -0.15) is 0 Å². The Labute approximate surface area is 170 Å². The summed E-state index contributed by atoms with van der Waals surface area (Å²) < 4.78 is 42.4. The van der Waals surface area contributed by atoms with Gasteiger partial charge in [-0.15, -0.1) is 0 Å². The lowest BCUT2D eigenvalue weighted by Gasteiger charge is -2.29. The van der Waals surface area contributed by atoms with E-state index in [4.69, 9.17) is 14.2 Å². The van der Waals surface area contributed by atoms with E-state index in [9.17, 15) is 13.2 Å². The van der Waals surface area contributed by atoms with Crippen molar-refractivity contribution in [1.82, 2.24) is 0 Å². The third-order valence-electron chi connectivity index (χ3n) is 4.30. The Balaban J connectivity index is 1.82. The molecule has 0 saturated heterocycles. The zero-order chi connectivity index (χ0) is 21.0. The number of sulfonamides is 1. The van der Waals surface area contributed by atoms with Crippen molar-refractivity contribution in [3.63, 3.8) is 0 Å². The lowest BCUT2D eigenvalue weighted by molar-refractivity contribution is -0.116. The van der Waals surface area contributed by atoms with E-state index in [1.165, 1.54) is 6.92 Å². The van der Waals surface area contributed by atoms with E-state index < -0.39 is 22.0 Å². The fourth-order valence-electron chi connectivity index (χ4n) is 3.03. The van der Waals surface area contributed by atoms with Gasteiger partial charge in [0.05, 0.1) is 18.6 Å². The predicted molar refractivity (Wildman–Crippen MR) is 110 cm³/mol. The van der Waals surface area contributed by atoms with Gasteiger partial charge in [-0.3, -0.25) is 9.10 Å². The van der Waals surface area contributed by atoms with E-state index >= 15 is 0 Å². The second-order valence-electron chi connectivity index (χ2n) is 6.51. The molecule has 0 saturated carbocycles. The van der Waals surface area contributed by atoms with Crippen molar-refractivity contribution in [3.8, 4) is 17.2 Å². The first-order valence-electron chi connectivity index (χ1n) is 9.22. The summed E-state index contributed by atoms with van der Waals surface area (Å²) in [6, 6.07) is 10.7. The maximum Gasteiger partial charge on any atom is 0.247 e. The standard InChI is InChI=1S/C20H24N2O6S/c1-4-26-17-8-5-15(6-9-17)21-20(23)14(2)22(29(3,24)25)16-7-10-18-19(13-16)28-12-11-27-18/h5-10,13-14H,4,11-12H2,1-3H3,(H,21,23)/t14-/m0/s1. The van der Waals surface area contributed by atoms with Crippen LogP contribution in [0.15, 0.2) is 42.5 Å². The lowest BCUT2D eigenvalue weighted by Crippen LogP contribution is -2.45. The highest BCUT2D eigenvalue weighted by molar-refractivity contribution is 7.92. The Kier molecular flexibility index (Phi) is 6.17. The van der Waals surface area contributed by atoms with Crippen molar-refractivity contribution in [2.24, 2.45) is 0 Å². The number of anilines is 2. The van der Waals surface area contributed by atoms with Crippen LogP contribution in [0.3, 0.4) is 0 Å². The van der Waals surface area contributed by atoms with Gasteiger partial charge in [0.15, 0.2) is 11.5 Å². The van der Waals surface area contributed by atoms with Crippen LogP contribution in [-0.4, -0.2) is 46.4 Å². The zero-order valence-corrected chi connectivity index (χ0v) is 17.4. The monoisotopic (exact) mass is 420 g/mol. The summed E-state index contributed by atoms with van der Waals surface area (Å²) in [5.74, 6) is 1.21. The molecule has 2 aromatic rings.